The second kappa shape index (κ2) is 9.71. The van der Waals surface area contributed by atoms with Crippen LogP contribution in [0.4, 0.5) is 0 Å². The topological polar surface area (TPSA) is 88.7 Å². The van der Waals surface area contributed by atoms with Gasteiger partial charge < -0.3 is 25.4 Å². The molecule has 2 amide bonds. The van der Waals surface area contributed by atoms with E-state index in [1.165, 1.54) is 0 Å². The highest BCUT2D eigenvalue weighted by Crippen LogP contribution is 1.97. The minimum absolute atomic E-state index is 0.0623. The van der Waals surface area contributed by atoms with Crippen LogP contribution in [0.2, 0.25) is 0 Å². The summed E-state index contributed by atoms with van der Waals surface area (Å²) in [5.74, 6) is -0.149. The molecule has 1 heterocycles. The normalized spacial score (nSPS) is 18.9. The molecule has 1 atom stereocenters. The van der Waals surface area contributed by atoms with E-state index >= 15 is 0 Å². The molecule has 110 valence electrons. The van der Waals surface area contributed by atoms with E-state index in [1.54, 1.807) is 7.11 Å². The number of hydrogen-bond donors (Lipinski definition) is 3. The molecule has 0 radical (unpaired) electrons. The Kier molecular flexibility index (Phi) is 8.11. The molecule has 19 heavy (non-hydrogen) atoms. The standard InChI is InChI=1S/C12H23N3O4/c1-18-6-4-15-11(16)2-3-14-12(17)8-10-9-19-7-5-13-10/h10,13H,2-9H2,1H3,(H,14,17)(H,15,16). The molecule has 0 saturated carbocycles. The zero-order valence-corrected chi connectivity index (χ0v) is 11.4. The van der Waals surface area contributed by atoms with Gasteiger partial charge in [0, 0.05) is 45.6 Å². The first kappa shape index (κ1) is 15.9. The van der Waals surface area contributed by atoms with E-state index in [2.05, 4.69) is 16.0 Å². The van der Waals surface area contributed by atoms with Crippen molar-refractivity contribution in [2.45, 2.75) is 18.9 Å². The largest absolute Gasteiger partial charge is 0.383 e. The summed E-state index contributed by atoms with van der Waals surface area (Å²) in [5, 5.41) is 8.62. The predicted octanol–water partition coefficient (Wildman–Crippen LogP) is -1.37. The quantitative estimate of drug-likeness (QED) is 0.475. The highest BCUT2D eigenvalue weighted by molar-refractivity contribution is 5.79. The van der Waals surface area contributed by atoms with Gasteiger partial charge in [-0.15, -0.1) is 0 Å². The Balaban J connectivity index is 2.01. The van der Waals surface area contributed by atoms with Crippen LogP contribution in [0.5, 0.6) is 0 Å². The van der Waals surface area contributed by atoms with Gasteiger partial charge in [-0.25, -0.2) is 0 Å². The molecule has 1 rings (SSSR count). The number of methoxy groups -OCH3 is 1. The first-order valence-corrected chi connectivity index (χ1v) is 6.56. The van der Waals surface area contributed by atoms with E-state index in [9.17, 15) is 9.59 Å². The van der Waals surface area contributed by atoms with Crippen molar-refractivity contribution in [2.24, 2.45) is 0 Å². The van der Waals surface area contributed by atoms with Gasteiger partial charge in [0.25, 0.3) is 0 Å². The SMILES string of the molecule is COCCNC(=O)CCNC(=O)CC1COCCN1. The minimum atomic E-state index is -0.0866. The summed E-state index contributed by atoms with van der Waals surface area (Å²) in [4.78, 5) is 22.9. The molecule has 0 aromatic carbocycles. The second-order valence-electron chi connectivity index (χ2n) is 4.37. The number of nitrogens with one attached hydrogen (secondary N) is 3. The van der Waals surface area contributed by atoms with Crippen LogP contribution in [0.1, 0.15) is 12.8 Å². The predicted molar refractivity (Wildman–Crippen MR) is 69.7 cm³/mol. The van der Waals surface area contributed by atoms with Crippen molar-refractivity contribution in [1.82, 2.24) is 16.0 Å². The van der Waals surface area contributed by atoms with Crippen molar-refractivity contribution >= 4 is 11.8 Å². The summed E-state index contributed by atoms with van der Waals surface area (Å²) >= 11 is 0. The Morgan fingerprint density at radius 1 is 1.32 bits per heavy atom. The lowest BCUT2D eigenvalue weighted by molar-refractivity contribution is -0.123. The molecule has 7 heteroatoms. The Morgan fingerprint density at radius 3 is 2.79 bits per heavy atom. The maximum Gasteiger partial charge on any atom is 0.221 e. The summed E-state index contributed by atoms with van der Waals surface area (Å²) in [7, 11) is 1.58. The molecule has 7 nitrogen and oxygen atoms in total. The van der Waals surface area contributed by atoms with Gasteiger partial charge in [0.1, 0.15) is 0 Å². The molecule has 0 aliphatic carbocycles. The molecular formula is C12H23N3O4. The number of rotatable bonds is 8. The van der Waals surface area contributed by atoms with Crippen molar-refractivity contribution in [2.75, 3.05) is 46.6 Å². The Labute approximate surface area is 113 Å². The molecule has 1 fully saturated rings. The van der Waals surface area contributed by atoms with Gasteiger partial charge in [0.2, 0.25) is 11.8 Å². The lowest BCUT2D eigenvalue weighted by Crippen LogP contribution is -2.44. The molecule has 1 aliphatic heterocycles. The zero-order valence-electron chi connectivity index (χ0n) is 11.4. The second-order valence-corrected chi connectivity index (χ2v) is 4.37. The van der Waals surface area contributed by atoms with Crippen molar-refractivity contribution in [3.05, 3.63) is 0 Å². The van der Waals surface area contributed by atoms with Gasteiger partial charge in [0.05, 0.1) is 19.8 Å². The maximum absolute atomic E-state index is 11.6. The summed E-state index contributed by atoms with van der Waals surface area (Å²) in [6, 6.07) is 0.0734. The first-order valence-electron chi connectivity index (χ1n) is 6.56. The summed E-state index contributed by atoms with van der Waals surface area (Å²) in [5.41, 5.74) is 0. The molecule has 0 spiro atoms. The Hall–Kier alpha value is -1.18. The molecule has 0 aromatic rings. The zero-order chi connectivity index (χ0) is 13.9. The van der Waals surface area contributed by atoms with Gasteiger partial charge >= 0.3 is 0 Å². The maximum atomic E-state index is 11.6. The van der Waals surface area contributed by atoms with Crippen molar-refractivity contribution in [3.8, 4) is 0 Å². The lowest BCUT2D eigenvalue weighted by Gasteiger charge is -2.23. The van der Waals surface area contributed by atoms with Crippen molar-refractivity contribution in [3.63, 3.8) is 0 Å². The summed E-state index contributed by atoms with van der Waals surface area (Å²) in [6.45, 7) is 3.37. The smallest absolute Gasteiger partial charge is 0.221 e. The molecule has 3 N–H and O–H groups in total. The number of hydrogen-bond acceptors (Lipinski definition) is 5. The monoisotopic (exact) mass is 273 g/mol. The van der Waals surface area contributed by atoms with Gasteiger partial charge in [-0.3, -0.25) is 9.59 Å². The summed E-state index contributed by atoms with van der Waals surface area (Å²) < 4.78 is 10.1. The van der Waals surface area contributed by atoms with E-state index in [0.29, 0.717) is 39.3 Å². The fraction of sp³-hybridized carbons (Fsp3) is 0.833. The molecule has 0 aromatic heterocycles. The van der Waals surface area contributed by atoms with Gasteiger partial charge in [-0.1, -0.05) is 0 Å². The molecule has 1 unspecified atom stereocenters. The van der Waals surface area contributed by atoms with Crippen LogP contribution < -0.4 is 16.0 Å². The van der Waals surface area contributed by atoms with Crippen LogP contribution in [0.15, 0.2) is 0 Å². The van der Waals surface area contributed by atoms with E-state index < -0.39 is 0 Å². The van der Waals surface area contributed by atoms with Crippen LogP contribution in [0.25, 0.3) is 0 Å². The Morgan fingerprint density at radius 2 is 2.11 bits per heavy atom. The number of carbonyl (C=O) groups excluding carboxylic acids is 2. The summed E-state index contributed by atoms with van der Waals surface area (Å²) in [6.07, 6.45) is 0.662. The van der Waals surface area contributed by atoms with Crippen molar-refractivity contribution in [1.29, 1.82) is 0 Å². The van der Waals surface area contributed by atoms with Crippen LogP contribution in [0.3, 0.4) is 0 Å². The van der Waals surface area contributed by atoms with Crippen LogP contribution in [-0.2, 0) is 19.1 Å². The van der Waals surface area contributed by atoms with Gasteiger partial charge in [-0.05, 0) is 0 Å². The fourth-order valence-electron chi connectivity index (χ4n) is 1.74. The van der Waals surface area contributed by atoms with Crippen LogP contribution >= 0.6 is 0 Å². The molecule has 1 aliphatic rings. The molecule has 0 bridgehead atoms. The average Bonchev–Trinajstić information content (AvgIpc) is 2.40. The molecular weight excluding hydrogens is 250 g/mol. The van der Waals surface area contributed by atoms with E-state index in [4.69, 9.17) is 9.47 Å². The van der Waals surface area contributed by atoms with E-state index in [1.807, 2.05) is 0 Å². The minimum Gasteiger partial charge on any atom is -0.383 e. The van der Waals surface area contributed by atoms with Crippen LogP contribution in [-0.4, -0.2) is 64.4 Å². The number of carbonyl (C=O) groups is 2. The van der Waals surface area contributed by atoms with E-state index in [0.717, 1.165) is 6.54 Å². The van der Waals surface area contributed by atoms with Gasteiger partial charge in [0.15, 0.2) is 0 Å². The van der Waals surface area contributed by atoms with Crippen LogP contribution in [0, 0.1) is 0 Å². The average molecular weight is 273 g/mol. The lowest BCUT2D eigenvalue weighted by atomic mass is 10.2. The third-order valence-electron chi connectivity index (χ3n) is 2.73. The fourth-order valence-corrected chi connectivity index (χ4v) is 1.74. The number of ether oxygens (including phenoxy) is 2. The number of amides is 2. The third-order valence-corrected chi connectivity index (χ3v) is 2.73. The van der Waals surface area contributed by atoms with Crippen molar-refractivity contribution < 1.29 is 19.1 Å². The third kappa shape index (κ3) is 7.76. The number of morpholine rings is 1. The van der Waals surface area contributed by atoms with Gasteiger partial charge in [-0.2, -0.15) is 0 Å². The highest BCUT2D eigenvalue weighted by atomic mass is 16.5. The first-order chi connectivity index (χ1) is 9.22. The molecule has 1 saturated heterocycles. The Bertz CT molecular complexity index is 280. The van der Waals surface area contributed by atoms with E-state index in [-0.39, 0.29) is 24.3 Å². The highest BCUT2D eigenvalue weighted by Gasteiger charge is 2.16.